The van der Waals surface area contributed by atoms with E-state index < -0.39 is 6.09 Å². The van der Waals surface area contributed by atoms with Crippen molar-refractivity contribution in [1.29, 1.82) is 0 Å². The number of carbonyl (C=O) groups excluding carboxylic acids is 1. The lowest BCUT2D eigenvalue weighted by Crippen LogP contribution is -2.12. The lowest BCUT2D eigenvalue weighted by atomic mass is 10.2. The average molecular weight is 285 g/mol. The van der Waals surface area contributed by atoms with E-state index in [2.05, 4.69) is 10.2 Å². The predicted molar refractivity (Wildman–Crippen MR) is 78.0 cm³/mol. The van der Waals surface area contributed by atoms with Crippen LogP contribution in [0.4, 0.5) is 16.2 Å². The number of methoxy groups -OCH3 is 1. The number of hydrogen-bond donors (Lipinski definition) is 1. The van der Waals surface area contributed by atoms with Gasteiger partial charge >= 0.3 is 6.09 Å². The molecule has 0 saturated heterocycles. The maximum absolute atomic E-state index is 10.5. The first kappa shape index (κ1) is 14.5. The fourth-order valence-corrected chi connectivity index (χ4v) is 1.64. The lowest BCUT2D eigenvalue weighted by Gasteiger charge is -2.03. The molecule has 2 N–H and O–H groups in total. The topological polar surface area (TPSA) is 86.3 Å². The summed E-state index contributed by atoms with van der Waals surface area (Å²) >= 11 is 0. The van der Waals surface area contributed by atoms with Crippen LogP contribution in [0.3, 0.4) is 0 Å². The molecular weight excluding hydrogens is 270 g/mol. The van der Waals surface area contributed by atoms with E-state index in [0.717, 1.165) is 5.56 Å². The minimum Gasteiger partial charge on any atom is -0.494 e. The number of hydrogen-bond acceptors (Lipinski definition) is 5. The highest BCUT2D eigenvalue weighted by Crippen LogP contribution is 2.28. The molecule has 0 aromatic heterocycles. The van der Waals surface area contributed by atoms with E-state index in [1.807, 2.05) is 24.3 Å². The smallest absolute Gasteiger partial charge is 0.404 e. The molecule has 0 radical (unpaired) electrons. The maximum atomic E-state index is 10.5. The first-order chi connectivity index (χ1) is 10.2. The summed E-state index contributed by atoms with van der Waals surface area (Å²) in [6.07, 6.45) is -0.796. The molecule has 0 unspecified atom stereocenters. The monoisotopic (exact) mass is 285 g/mol. The molecule has 2 rings (SSSR count). The van der Waals surface area contributed by atoms with E-state index in [0.29, 0.717) is 17.1 Å². The molecule has 2 aromatic rings. The van der Waals surface area contributed by atoms with E-state index in [4.69, 9.17) is 15.2 Å². The number of rotatable bonds is 5. The summed E-state index contributed by atoms with van der Waals surface area (Å²) in [4.78, 5) is 10.5. The summed E-state index contributed by atoms with van der Waals surface area (Å²) in [5.74, 6) is 0.660. The number of amides is 1. The summed E-state index contributed by atoms with van der Waals surface area (Å²) in [6.45, 7) is 0.138. The number of nitrogens with two attached hydrogens (primary N) is 1. The van der Waals surface area contributed by atoms with Crippen molar-refractivity contribution in [2.45, 2.75) is 6.61 Å². The van der Waals surface area contributed by atoms with Gasteiger partial charge in [0.15, 0.2) is 0 Å². The molecule has 0 aliphatic carbocycles. The summed E-state index contributed by atoms with van der Waals surface area (Å²) in [7, 11) is 1.59. The zero-order valence-corrected chi connectivity index (χ0v) is 11.5. The van der Waals surface area contributed by atoms with Crippen LogP contribution >= 0.6 is 0 Å². The Bertz CT molecular complexity index is 639. The van der Waals surface area contributed by atoms with Crippen molar-refractivity contribution in [2.24, 2.45) is 16.0 Å². The van der Waals surface area contributed by atoms with Gasteiger partial charge in [-0.2, -0.15) is 5.11 Å². The highest BCUT2D eigenvalue weighted by Gasteiger charge is 2.00. The van der Waals surface area contributed by atoms with E-state index in [9.17, 15) is 4.79 Å². The first-order valence-corrected chi connectivity index (χ1v) is 6.25. The third-order valence-corrected chi connectivity index (χ3v) is 2.68. The van der Waals surface area contributed by atoms with Gasteiger partial charge in [0.05, 0.1) is 12.8 Å². The fraction of sp³-hybridized carbons (Fsp3) is 0.133. The first-order valence-electron chi connectivity index (χ1n) is 6.25. The molecule has 0 spiro atoms. The molecule has 6 nitrogen and oxygen atoms in total. The Morgan fingerprint density at radius 2 is 1.81 bits per heavy atom. The summed E-state index contributed by atoms with van der Waals surface area (Å²) in [5, 5.41) is 8.28. The standard InChI is InChI=1S/C15H15N3O3/c1-20-14-5-3-2-4-13(14)18-17-12-8-6-11(7-9-12)10-21-15(16)19/h2-9H,10H2,1H3,(H2,16,19). The van der Waals surface area contributed by atoms with Crippen LogP contribution in [0.5, 0.6) is 5.75 Å². The van der Waals surface area contributed by atoms with Crippen molar-refractivity contribution in [3.63, 3.8) is 0 Å². The van der Waals surface area contributed by atoms with Gasteiger partial charge in [0.1, 0.15) is 18.0 Å². The molecule has 0 fully saturated rings. The molecule has 0 aliphatic rings. The van der Waals surface area contributed by atoms with Crippen molar-refractivity contribution in [2.75, 3.05) is 7.11 Å². The Balaban J connectivity index is 2.06. The molecule has 0 aliphatic heterocycles. The van der Waals surface area contributed by atoms with Crippen LogP contribution in [0, 0.1) is 0 Å². The Morgan fingerprint density at radius 3 is 2.48 bits per heavy atom. The van der Waals surface area contributed by atoms with Crippen LogP contribution in [0.25, 0.3) is 0 Å². The second kappa shape index (κ2) is 7.04. The molecule has 1 amide bonds. The van der Waals surface area contributed by atoms with E-state index in [1.165, 1.54) is 0 Å². The number of benzene rings is 2. The van der Waals surface area contributed by atoms with Gasteiger partial charge in [-0.1, -0.05) is 24.3 Å². The zero-order chi connectivity index (χ0) is 15.1. The van der Waals surface area contributed by atoms with Crippen LogP contribution in [-0.4, -0.2) is 13.2 Å². The van der Waals surface area contributed by atoms with Crippen molar-refractivity contribution < 1.29 is 14.3 Å². The SMILES string of the molecule is COc1ccccc1N=Nc1ccc(COC(N)=O)cc1. The van der Waals surface area contributed by atoms with Gasteiger partial charge < -0.3 is 15.2 Å². The van der Waals surface area contributed by atoms with Crippen LogP contribution in [0.15, 0.2) is 58.8 Å². The molecule has 0 bridgehead atoms. The van der Waals surface area contributed by atoms with Crippen LogP contribution in [0.2, 0.25) is 0 Å². The highest BCUT2D eigenvalue weighted by molar-refractivity contribution is 5.64. The van der Waals surface area contributed by atoms with Gasteiger partial charge in [0, 0.05) is 0 Å². The third kappa shape index (κ3) is 4.31. The number of ether oxygens (including phenoxy) is 2. The average Bonchev–Trinajstić information content (AvgIpc) is 2.52. The Hall–Kier alpha value is -2.89. The molecule has 0 saturated carbocycles. The van der Waals surface area contributed by atoms with Gasteiger partial charge in [0.2, 0.25) is 0 Å². The number of nitrogens with zero attached hydrogens (tertiary/aromatic N) is 2. The fourth-order valence-electron chi connectivity index (χ4n) is 1.64. The van der Waals surface area contributed by atoms with Crippen molar-refractivity contribution in [3.8, 4) is 5.75 Å². The van der Waals surface area contributed by atoms with Crippen molar-refractivity contribution in [3.05, 3.63) is 54.1 Å². The number of azo groups is 1. The second-order valence-corrected chi connectivity index (χ2v) is 4.15. The van der Waals surface area contributed by atoms with Gasteiger partial charge in [0.25, 0.3) is 0 Å². The largest absolute Gasteiger partial charge is 0.494 e. The maximum Gasteiger partial charge on any atom is 0.404 e. The molecule has 108 valence electrons. The quantitative estimate of drug-likeness (QED) is 0.849. The second-order valence-electron chi connectivity index (χ2n) is 4.15. The van der Waals surface area contributed by atoms with Crippen molar-refractivity contribution in [1.82, 2.24) is 0 Å². The van der Waals surface area contributed by atoms with Crippen LogP contribution in [-0.2, 0) is 11.3 Å². The van der Waals surface area contributed by atoms with Gasteiger partial charge in [-0.15, -0.1) is 5.11 Å². The highest BCUT2D eigenvalue weighted by atomic mass is 16.5. The van der Waals surface area contributed by atoms with E-state index >= 15 is 0 Å². The van der Waals surface area contributed by atoms with Crippen LogP contribution in [0.1, 0.15) is 5.56 Å². The molecule has 21 heavy (non-hydrogen) atoms. The molecule has 2 aromatic carbocycles. The normalized spacial score (nSPS) is 10.5. The Kier molecular flexibility index (Phi) is 4.87. The number of para-hydroxylation sites is 1. The molecule has 0 atom stereocenters. The summed E-state index contributed by atoms with van der Waals surface area (Å²) in [6, 6.07) is 14.5. The molecular formula is C15H15N3O3. The zero-order valence-electron chi connectivity index (χ0n) is 11.5. The Morgan fingerprint density at radius 1 is 1.10 bits per heavy atom. The minimum absolute atomic E-state index is 0.138. The Labute approximate surface area is 122 Å². The van der Waals surface area contributed by atoms with Gasteiger partial charge in [-0.05, 0) is 29.8 Å². The summed E-state index contributed by atoms with van der Waals surface area (Å²) in [5.41, 5.74) is 7.07. The number of primary amides is 1. The molecule has 0 heterocycles. The lowest BCUT2D eigenvalue weighted by molar-refractivity contribution is 0.150. The predicted octanol–water partition coefficient (Wildman–Crippen LogP) is 3.71. The molecule has 6 heteroatoms. The minimum atomic E-state index is -0.796. The van der Waals surface area contributed by atoms with Crippen LogP contribution < -0.4 is 10.5 Å². The van der Waals surface area contributed by atoms with Crippen molar-refractivity contribution >= 4 is 17.5 Å². The summed E-state index contributed by atoms with van der Waals surface area (Å²) < 4.78 is 9.89. The van der Waals surface area contributed by atoms with Gasteiger partial charge in [-0.3, -0.25) is 0 Å². The number of carbonyl (C=O) groups is 1. The third-order valence-electron chi connectivity index (χ3n) is 2.68. The van der Waals surface area contributed by atoms with E-state index in [-0.39, 0.29) is 6.61 Å². The van der Waals surface area contributed by atoms with Gasteiger partial charge in [-0.25, -0.2) is 4.79 Å². The van der Waals surface area contributed by atoms with E-state index in [1.54, 1.807) is 31.4 Å².